The maximum atomic E-state index is 13.1. The molecule has 0 amide bonds. The lowest BCUT2D eigenvalue weighted by molar-refractivity contribution is -0.598. The highest BCUT2D eigenvalue weighted by atomic mass is 35.5. The summed E-state index contributed by atoms with van der Waals surface area (Å²) in [5.41, 5.74) is 2.85. The Kier molecular flexibility index (Phi) is 6.44. The summed E-state index contributed by atoms with van der Waals surface area (Å²) in [6.45, 7) is 4.01. The van der Waals surface area contributed by atoms with Crippen LogP contribution in [-0.2, 0) is 28.6 Å². The van der Waals surface area contributed by atoms with E-state index in [1.165, 1.54) is 11.3 Å². The molecule has 2 aromatic heterocycles. The second-order valence-electron chi connectivity index (χ2n) is 6.15. The van der Waals surface area contributed by atoms with Crippen molar-refractivity contribution in [2.24, 2.45) is 0 Å². The van der Waals surface area contributed by atoms with Crippen molar-refractivity contribution in [2.75, 3.05) is 6.61 Å². The Morgan fingerprint density at radius 3 is 2.39 bits per heavy atom. The number of pyridine rings is 1. The average molecular weight is 432 g/mol. The number of ketones is 1. The molecule has 3 rings (SSSR count). The fourth-order valence-corrected chi connectivity index (χ4v) is 4.40. The van der Waals surface area contributed by atoms with Crippen LogP contribution in [0.25, 0.3) is 5.69 Å². The number of carbonyl (C=O) groups is 2. The number of aryl methyl sites for hydroxylation is 1. The lowest BCUT2D eigenvalue weighted by Gasteiger charge is -2.08. The van der Waals surface area contributed by atoms with Gasteiger partial charge in [-0.2, -0.15) is 4.57 Å². The van der Waals surface area contributed by atoms with Crippen LogP contribution in [-0.4, -0.2) is 18.4 Å². The van der Waals surface area contributed by atoms with E-state index in [0.717, 1.165) is 5.56 Å². The highest BCUT2D eigenvalue weighted by Crippen LogP contribution is 2.32. The summed E-state index contributed by atoms with van der Waals surface area (Å²) >= 11 is 12.7. The molecule has 3 aromatic rings. The van der Waals surface area contributed by atoms with Gasteiger partial charge in [-0.25, -0.2) is 0 Å². The van der Waals surface area contributed by atoms with E-state index in [1.54, 1.807) is 31.2 Å². The number of ether oxygens (including phenoxy) is 1. The molecule has 1 aromatic carbocycles. The van der Waals surface area contributed by atoms with Crippen LogP contribution in [0.3, 0.4) is 0 Å². The first kappa shape index (κ1) is 20.5. The number of esters is 1. The van der Waals surface area contributed by atoms with Gasteiger partial charge in [0.15, 0.2) is 18.2 Å². The van der Waals surface area contributed by atoms with Gasteiger partial charge in [-0.15, -0.1) is 0 Å². The summed E-state index contributed by atoms with van der Waals surface area (Å²) < 4.78 is 7.51. The van der Waals surface area contributed by atoms with Crippen molar-refractivity contribution < 1.29 is 18.9 Å². The molecule has 0 spiro atoms. The van der Waals surface area contributed by atoms with Crippen LogP contribution in [0.2, 0.25) is 5.02 Å². The van der Waals surface area contributed by atoms with Crippen molar-refractivity contribution in [3.8, 4) is 5.69 Å². The molecule has 144 valence electrons. The molecule has 0 fully saturated rings. The minimum absolute atomic E-state index is 0.0220. The molecule has 28 heavy (non-hydrogen) atoms. The van der Waals surface area contributed by atoms with Crippen molar-refractivity contribution in [3.05, 3.63) is 75.4 Å². The molecule has 0 bridgehead atoms. The standard InChI is InChI=1S/C21H18ClNO3S2/c1-3-26-17(24)12-16-18(23-10-8-13(2)9-11-23)21(27)28-20(16)19(25)14-4-6-15(22)7-5-14/h4-11H,3,12H2,1-2H3. The zero-order chi connectivity index (χ0) is 20.3. The number of aromatic nitrogens is 1. The number of hydrogen-bond donors (Lipinski definition) is 0. The van der Waals surface area contributed by atoms with Crippen LogP contribution in [0, 0.1) is 6.92 Å². The number of carbonyl (C=O) groups excluding carboxylic acids is 2. The lowest BCUT2D eigenvalue weighted by Crippen LogP contribution is -2.32. The van der Waals surface area contributed by atoms with Gasteiger partial charge in [-0.05, 0) is 52.8 Å². The van der Waals surface area contributed by atoms with Gasteiger partial charge in [0, 0.05) is 28.3 Å². The van der Waals surface area contributed by atoms with E-state index >= 15 is 0 Å². The number of thiophene rings is 1. The van der Waals surface area contributed by atoms with Crippen molar-refractivity contribution in [3.63, 3.8) is 0 Å². The molecule has 4 nitrogen and oxygen atoms in total. The summed E-state index contributed by atoms with van der Waals surface area (Å²) in [6.07, 6.45) is 3.72. The van der Waals surface area contributed by atoms with Gasteiger partial charge in [-0.1, -0.05) is 11.6 Å². The van der Waals surface area contributed by atoms with E-state index in [2.05, 4.69) is 0 Å². The van der Waals surface area contributed by atoms with Gasteiger partial charge in [0.2, 0.25) is 5.69 Å². The van der Waals surface area contributed by atoms with E-state index in [4.69, 9.17) is 29.0 Å². The Bertz CT molecular complexity index is 1010. The Morgan fingerprint density at radius 1 is 1.14 bits per heavy atom. The summed E-state index contributed by atoms with van der Waals surface area (Å²) in [5, 5.41) is 0.550. The summed E-state index contributed by atoms with van der Waals surface area (Å²) in [4.78, 5) is 25.8. The maximum Gasteiger partial charge on any atom is 0.310 e. The fraction of sp³-hybridized carbons (Fsp3) is 0.190. The van der Waals surface area contributed by atoms with Crippen LogP contribution < -0.4 is 4.57 Å². The first-order chi connectivity index (χ1) is 13.4. The molecule has 0 aliphatic rings. The Morgan fingerprint density at radius 2 is 1.79 bits per heavy atom. The molecule has 0 saturated carbocycles. The number of benzene rings is 1. The van der Waals surface area contributed by atoms with Gasteiger partial charge in [0.25, 0.3) is 0 Å². The second-order valence-corrected chi connectivity index (χ2v) is 8.27. The van der Waals surface area contributed by atoms with E-state index in [1.807, 2.05) is 36.0 Å². The van der Waals surface area contributed by atoms with Crippen molar-refractivity contribution in [1.82, 2.24) is 0 Å². The van der Waals surface area contributed by atoms with Crippen molar-refractivity contribution >= 4 is 47.3 Å². The average Bonchev–Trinajstić information content (AvgIpc) is 2.98. The largest absolute Gasteiger partial charge is 0.466 e. The minimum atomic E-state index is -0.394. The molecule has 0 N–H and O–H groups in total. The molecule has 0 aliphatic carbocycles. The van der Waals surface area contributed by atoms with Crippen LogP contribution in [0.4, 0.5) is 0 Å². The Labute approximate surface area is 178 Å². The maximum absolute atomic E-state index is 13.1. The highest BCUT2D eigenvalue weighted by molar-refractivity contribution is 7.63. The third-order valence-corrected chi connectivity index (χ3v) is 5.85. The predicted molar refractivity (Wildman–Crippen MR) is 111 cm³/mol. The normalized spacial score (nSPS) is 10.7. The van der Waals surface area contributed by atoms with Gasteiger partial charge in [0.05, 0.1) is 13.0 Å². The highest BCUT2D eigenvalue weighted by Gasteiger charge is 2.25. The van der Waals surface area contributed by atoms with E-state index in [0.29, 0.717) is 30.9 Å². The molecule has 0 saturated heterocycles. The topological polar surface area (TPSA) is 47.3 Å². The summed E-state index contributed by atoms with van der Waals surface area (Å²) in [7, 11) is 0. The zero-order valence-electron chi connectivity index (χ0n) is 15.4. The number of rotatable bonds is 6. The Hall–Kier alpha value is -2.28. The van der Waals surface area contributed by atoms with Crippen molar-refractivity contribution in [1.29, 1.82) is 0 Å². The molecular formula is C21H18ClNO3S2. The summed E-state index contributed by atoms with van der Waals surface area (Å²) in [5.74, 6) is -0.583. The smallest absolute Gasteiger partial charge is 0.310 e. The first-order valence-electron chi connectivity index (χ1n) is 8.67. The Balaban J connectivity index is 2.12. The number of nitrogens with zero attached hydrogens (tertiary/aromatic N) is 1. The van der Waals surface area contributed by atoms with E-state index in [9.17, 15) is 9.59 Å². The molecule has 0 radical (unpaired) electrons. The lowest BCUT2D eigenvalue weighted by atomic mass is 10.0. The number of hydrogen-bond acceptors (Lipinski definition) is 5. The van der Waals surface area contributed by atoms with E-state index < -0.39 is 5.97 Å². The molecule has 7 heteroatoms. The molecule has 2 heterocycles. The quantitative estimate of drug-likeness (QED) is 0.253. The third kappa shape index (κ3) is 4.41. The second kappa shape index (κ2) is 8.82. The first-order valence-corrected chi connectivity index (χ1v) is 10.3. The summed E-state index contributed by atoms with van der Waals surface area (Å²) in [6, 6.07) is 10.6. The minimum Gasteiger partial charge on any atom is -0.466 e. The monoisotopic (exact) mass is 431 g/mol. The molecule has 0 aliphatic heterocycles. The molecule has 0 atom stereocenters. The SMILES string of the molecule is CCOC(=O)Cc1c(C(=O)c2ccc(Cl)cc2)sc([S-])c1-[n+]1ccc(C)cc1. The van der Waals surface area contributed by atoms with Gasteiger partial charge in [-0.3, -0.25) is 9.59 Å². The van der Waals surface area contributed by atoms with Crippen LogP contribution in [0.1, 0.15) is 33.3 Å². The van der Waals surface area contributed by atoms with Gasteiger partial charge >= 0.3 is 5.97 Å². The predicted octanol–water partition coefficient (Wildman–Crippen LogP) is 4.23. The van der Waals surface area contributed by atoms with Crippen LogP contribution >= 0.6 is 22.9 Å². The molecule has 0 unspecified atom stereocenters. The fourth-order valence-electron chi connectivity index (χ4n) is 2.78. The van der Waals surface area contributed by atoms with Gasteiger partial charge in [0.1, 0.15) is 0 Å². The zero-order valence-corrected chi connectivity index (χ0v) is 17.8. The molecular weight excluding hydrogens is 414 g/mol. The van der Waals surface area contributed by atoms with Crippen LogP contribution in [0.5, 0.6) is 0 Å². The van der Waals surface area contributed by atoms with E-state index in [-0.39, 0.29) is 18.8 Å². The number of halogens is 1. The third-order valence-electron chi connectivity index (χ3n) is 4.14. The van der Waals surface area contributed by atoms with Crippen LogP contribution in [0.15, 0.2) is 53.0 Å². The van der Waals surface area contributed by atoms with Gasteiger partial charge < -0.3 is 28.7 Å². The van der Waals surface area contributed by atoms with Crippen molar-refractivity contribution in [2.45, 2.75) is 24.5 Å².